The molecule has 2 aliphatic heterocycles. The SMILES string of the molecule is COCCOc1c(-c2ccc(-c3cnc([C@@H]4CCCN4C(=O)[C@@H](NC(=O)OC)C(C)C)[nH]3)cc2)ccc(-c2ccc3nc([C@@H]4CCCN4C(=O)[C@@H](NC(=O)OC)C(C)C)[nH]c3c2)c1OCCOC. The van der Waals surface area contributed by atoms with Crippen molar-refractivity contribution in [3.05, 3.63) is 72.4 Å². The van der Waals surface area contributed by atoms with Gasteiger partial charge in [-0.2, -0.15) is 0 Å². The number of hydrogen-bond donors (Lipinski definition) is 4. The highest BCUT2D eigenvalue weighted by molar-refractivity contribution is 5.89. The van der Waals surface area contributed by atoms with Gasteiger partial charge in [0.15, 0.2) is 11.5 Å². The van der Waals surface area contributed by atoms with E-state index in [2.05, 4.69) is 20.6 Å². The van der Waals surface area contributed by atoms with Crippen molar-refractivity contribution in [3.63, 3.8) is 0 Å². The Balaban J connectivity index is 1.17. The number of H-pyrrole nitrogens is 2. The molecule has 2 aromatic heterocycles. The predicted octanol–water partition coefficient (Wildman–Crippen LogP) is 7.43. The summed E-state index contributed by atoms with van der Waals surface area (Å²) in [7, 11) is 5.81. The molecule has 3 aromatic carbocycles. The fourth-order valence-electron chi connectivity index (χ4n) is 8.98. The van der Waals surface area contributed by atoms with Crippen LogP contribution in [0.3, 0.4) is 0 Å². The van der Waals surface area contributed by atoms with E-state index in [0.717, 1.165) is 70.2 Å². The van der Waals surface area contributed by atoms with Crippen LogP contribution in [0.15, 0.2) is 60.8 Å². The zero-order valence-corrected chi connectivity index (χ0v) is 40.2. The number of nitrogens with one attached hydrogen (secondary N) is 4. The lowest BCUT2D eigenvalue weighted by molar-refractivity contribution is -0.136. The number of rotatable bonds is 19. The molecule has 2 fully saturated rings. The third-order valence-electron chi connectivity index (χ3n) is 12.6. The highest BCUT2D eigenvalue weighted by Gasteiger charge is 2.39. The zero-order chi connectivity index (χ0) is 48.5. The molecule has 18 nitrogen and oxygen atoms in total. The highest BCUT2D eigenvalue weighted by atomic mass is 16.6. The number of aromatic amines is 2. The number of aromatic nitrogens is 4. The van der Waals surface area contributed by atoms with E-state index in [1.54, 1.807) is 30.2 Å². The number of amides is 4. The van der Waals surface area contributed by atoms with Crippen molar-refractivity contribution in [3.8, 4) is 45.0 Å². The fourth-order valence-corrected chi connectivity index (χ4v) is 8.98. The quantitative estimate of drug-likeness (QED) is 0.0596. The topological polar surface area (TPSA) is 212 Å². The van der Waals surface area contributed by atoms with Crippen molar-refractivity contribution in [1.29, 1.82) is 0 Å². The molecule has 4 amide bonds. The third kappa shape index (κ3) is 10.9. The molecule has 5 aromatic rings. The lowest BCUT2D eigenvalue weighted by atomic mass is 9.96. The molecule has 7 rings (SSSR count). The Morgan fingerprint density at radius 2 is 1.15 bits per heavy atom. The molecule has 68 heavy (non-hydrogen) atoms. The summed E-state index contributed by atoms with van der Waals surface area (Å²) in [5.41, 5.74) is 6.60. The summed E-state index contributed by atoms with van der Waals surface area (Å²) in [4.78, 5) is 72.0. The van der Waals surface area contributed by atoms with Gasteiger partial charge in [0.25, 0.3) is 0 Å². The van der Waals surface area contributed by atoms with Crippen LogP contribution >= 0.6 is 0 Å². The van der Waals surface area contributed by atoms with E-state index in [1.165, 1.54) is 14.2 Å². The van der Waals surface area contributed by atoms with Crippen molar-refractivity contribution >= 4 is 35.0 Å². The summed E-state index contributed by atoms with van der Waals surface area (Å²) in [6.07, 6.45) is 3.58. The first-order valence-corrected chi connectivity index (χ1v) is 23.2. The number of carbonyl (C=O) groups excluding carboxylic acids is 4. The van der Waals surface area contributed by atoms with Gasteiger partial charge in [0.05, 0.1) is 62.4 Å². The average Bonchev–Trinajstić information content (AvgIpc) is 4.19. The second kappa shape index (κ2) is 22.4. The van der Waals surface area contributed by atoms with Crippen LogP contribution in [0.25, 0.3) is 44.5 Å². The number of alkyl carbamates (subject to hydrolysis) is 2. The largest absolute Gasteiger partial charge is 0.487 e. The van der Waals surface area contributed by atoms with Gasteiger partial charge in [-0.1, -0.05) is 58.0 Å². The van der Waals surface area contributed by atoms with Gasteiger partial charge in [0.2, 0.25) is 11.8 Å². The van der Waals surface area contributed by atoms with Crippen LogP contribution in [0.5, 0.6) is 11.5 Å². The summed E-state index contributed by atoms with van der Waals surface area (Å²) >= 11 is 0. The minimum Gasteiger partial charge on any atom is -0.487 e. The second-order valence-electron chi connectivity index (χ2n) is 17.7. The number of likely N-dealkylation sites (tertiary alicyclic amines) is 2. The summed E-state index contributed by atoms with van der Waals surface area (Å²) in [5, 5.41) is 5.42. The van der Waals surface area contributed by atoms with Crippen LogP contribution in [-0.4, -0.2) is 134 Å². The van der Waals surface area contributed by atoms with Crippen LogP contribution < -0.4 is 20.1 Å². The maximum absolute atomic E-state index is 13.8. The molecule has 2 aliphatic rings. The summed E-state index contributed by atoms with van der Waals surface area (Å²) in [5.74, 6) is 1.82. The molecule has 4 heterocycles. The monoisotopic (exact) mass is 936 g/mol. The lowest BCUT2D eigenvalue weighted by Crippen LogP contribution is -2.51. The Kier molecular flexibility index (Phi) is 16.2. The molecule has 4 N–H and O–H groups in total. The van der Waals surface area contributed by atoms with Crippen molar-refractivity contribution in [1.82, 2.24) is 40.4 Å². The number of nitrogens with zero attached hydrogens (tertiary/aromatic N) is 4. The Morgan fingerprint density at radius 3 is 1.66 bits per heavy atom. The first-order chi connectivity index (χ1) is 32.9. The fraction of sp³-hybridized carbons (Fsp3) is 0.480. The van der Waals surface area contributed by atoms with Crippen LogP contribution in [0.4, 0.5) is 9.59 Å². The van der Waals surface area contributed by atoms with E-state index >= 15 is 0 Å². The smallest absolute Gasteiger partial charge is 0.407 e. The number of ether oxygens (including phenoxy) is 6. The summed E-state index contributed by atoms with van der Waals surface area (Å²) in [6, 6.07) is 16.1. The Labute approximate surface area is 396 Å². The highest BCUT2D eigenvalue weighted by Crippen LogP contribution is 2.46. The van der Waals surface area contributed by atoms with Crippen LogP contribution in [0.2, 0.25) is 0 Å². The second-order valence-corrected chi connectivity index (χ2v) is 17.7. The minimum absolute atomic E-state index is 0.137. The predicted molar refractivity (Wildman–Crippen MR) is 255 cm³/mol. The van der Waals surface area contributed by atoms with E-state index in [4.69, 9.17) is 38.4 Å². The van der Waals surface area contributed by atoms with Crippen molar-refractivity contribution in [2.24, 2.45) is 11.8 Å². The standard InChI is InChI=1S/C50H64N8O10/c1-29(2)41(55-49(61)65-7)47(59)57-21-9-11-39(57)45-51-28-38(54-45)32-15-13-31(14-16-32)34-18-19-35(44(68-26-24-64-6)43(34)67-25-23-63-5)33-17-20-36-37(27-33)53-46(52-36)40-12-10-22-58(40)48(60)42(30(3)4)56-50(62)66-8/h13-20,27-30,39-42H,9-12,21-26H2,1-8H3,(H,51,54)(H,52,53)(H,55,61)(H,56,62)/t39-,40-,41-,42-/m0/s1. The molecule has 4 atom stereocenters. The Bertz CT molecular complexity index is 2540. The van der Waals surface area contributed by atoms with Gasteiger partial charge in [-0.3, -0.25) is 9.59 Å². The first-order valence-electron chi connectivity index (χ1n) is 23.2. The molecule has 0 radical (unpaired) electrons. The number of hydrogen-bond acceptors (Lipinski definition) is 12. The molecular formula is C50H64N8O10. The van der Waals surface area contributed by atoms with Gasteiger partial charge in [-0.05, 0) is 78.5 Å². The van der Waals surface area contributed by atoms with Gasteiger partial charge in [0.1, 0.15) is 36.9 Å². The summed E-state index contributed by atoms with van der Waals surface area (Å²) < 4.78 is 33.4. The number of methoxy groups -OCH3 is 4. The molecule has 0 spiro atoms. The van der Waals surface area contributed by atoms with Crippen molar-refractivity contribution < 1.29 is 47.6 Å². The van der Waals surface area contributed by atoms with Crippen LogP contribution in [-0.2, 0) is 28.5 Å². The van der Waals surface area contributed by atoms with E-state index in [0.29, 0.717) is 49.5 Å². The molecule has 0 unspecified atom stereocenters. The number of fused-ring (bicyclic) bond motifs is 1. The van der Waals surface area contributed by atoms with Gasteiger partial charge < -0.3 is 58.8 Å². The van der Waals surface area contributed by atoms with Gasteiger partial charge in [-0.15, -0.1) is 0 Å². The van der Waals surface area contributed by atoms with Crippen LogP contribution in [0.1, 0.15) is 77.1 Å². The van der Waals surface area contributed by atoms with E-state index in [1.807, 2.05) is 82.3 Å². The molecule has 0 aliphatic carbocycles. The Morgan fingerprint density at radius 1 is 0.647 bits per heavy atom. The maximum atomic E-state index is 13.8. The molecule has 2 saturated heterocycles. The van der Waals surface area contributed by atoms with Gasteiger partial charge >= 0.3 is 12.2 Å². The molecule has 0 bridgehead atoms. The van der Waals surface area contributed by atoms with E-state index in [9.17, 15) is 19.2 Å². The third-order valence-corrected chi connectivity index (χ3v) is 12.6. The van der Waals surface area contributed by atoms with Gasteiger partial charge in [-0.25, -0.2) is 19.6 Å². The number of imidazole rings is 2. The van der Waals surface area contributed by atoms with Gasteiger partial charge in [0, 0.05) is 38.4 Å². The molecular weight excluding hydrogens is 873 g/mol. The molecule has 0 saturated carbocycles. The normalized spacial score (nSPS) is 16.9. The zero-order valence-electron chi connectivity index (χ0n) is 40.2. The Hall–Kier alpha value is -6.66. The maximum Gasteiger partial charge on any atom is 0.407 e. The minimum atomic E-state index is -0.738. The number of carbonyl (C=O) groups is 4. The lowest BCUT2D eigenvalue weighted by Gasteiger charge is -2.30. The average molecular weight is 937 g/mol. The van der Waals surface area contributed by atoms with Crippen molar-refractivity contribution in [2.45, 2.75) is 77.5 Å². The van der Waals surface area contributed by atoms with Crippen LogP contribution in [0, 0.1) is 11.8 Å². The van der Waals surface area contributed by atoms with E-state index in [-0.39, 0.29) is 48.9 Å². The number of benzene rings is 3. The molecule has 364 valence electrons. The first kappa shape index (κ1) is 49.3. The summed E-state index contributed by atoms with van der Waals surface area (Å²) in [6.45, 7) is 9.92. The van der Waals surface area contributed by atoms with E-state index < -0.39 is 24.3 Å². The van der Waals surface area contributed by atoms with Crippen molar-refractivity contribution in [2.75, 3.05) is 68.0 Å². The molecule has 18 heteroatoms.